The number of aromatic nitrogens is 1. The maximum Gasteiger partial charge on any atom is 0.419 e. The smallest absolute Gasteiger partial charge is 0.320 e. The molecule has 0 bridgehead atoms. The Hall–Kier alpha value is -3.47. The molecule has 1 aromatic heterocycles. The first-order valence-electron chi connectivity index (χ1n) is 16.1. The number of carbonyl (C=O) groups is 2. The molecule has 0 radical (unpaired) electrons. The number of carbonyl (C=O) groups excluding carboxylic acids is 2. The van der Waals surface area contributed by atoms with E-state index in [0.717, 1.165) is 51.1 Å². The number of hydrogen-bond acceptors (Lipinski definition) is 4. The van der Waals surface area contributed by atoms with Crippen molar-refractivity contribution < 1.29 is 22.8 Å². The lowest BCUT2D eigenvalue weighted by molar-refractivity contribution is -0.137. The predicted octanol–water partition coefficient (Wildman–Crippen LogP) is 10.7. The number of hydrogen-bond donors (Lipinski definition) is 1. The Morgan fingerprint density at radius 3 is 2.20 bits per heavy atom. The largest absolute Gasteiger partial charge is 0.419 e. The Morgan fingerprint density at radius 2 is 1.70 bits per heavy atom. The number of ketones is 1. The predicted molar refractivity (Wildman–Crippen MR) is 173 cm³/mol. The van der Waals surface area contributed by atoms with Crippen LogP contribution in [-0.4, -0.2) is 16.7 Å². The van der Waals surface area contributed by atoms with Gasteiger partial charge in [-0.15, -0.1) is 0 Å². The molecule has 0 spiro atoms. The van der Waals surface area contributed by atoms with Crippen LogP contribution in [0.1, 0.15) is 138 Å². The highest BCUT2D eigenvalue weighted by Crippen LogP contribution is 2.44. The molecule has 0 aliphatic heterocycles. The van der Waals surface area contributed by atoms with Crippen molar-refractivity contribution in [3.63, 3.8) is 0 Å². The zero-order valence-electron chi connectivity index (χ0n) is 27.5. The summed E-state index contributed by atoms with van der Waals surface area (Å²) in [7, 11) is 0. The number of benzene rings is 1. The zero-order valence-corrected chi connectivity index (χ0v) is 27.5. The molecule has 8 heteroatoms. The van der Waals surface area contributed by atoms with Crippen molar-refractivity contribution in [1.29, 1.82) is 5.26 Å². The molecule has 44 heavy (non-hydrogen) atoms. The van der Waals surface area contributed by atoms with Gasteiger partial charge in [0.1, 0.15) is 5.78 Å². The van der Waals surface area contributed by atoms with Crippen LogP contribution in [0.25, 0.3) is 5.57 Å². The highest BCUT2D eigenvalue weighted by molar-refractivity contribution is 6.05. The maximum atomic E-state index is 14.4. The number of pyridine rings is 1. The monoisotopic (exact) mass is 613 g/mol. The second kappa shape index (κ2) is 19.7. The Bertz CT molecular complexity index is 1270. The maximum absolute atomic E-state index is 14.4. The Morgan fingerprint density at radius 1 is 1.09 bits per heavy atom. The van der Waals surface area contributed by atoms with Crippen LogP contribution in [0.4, 0.5) is 18.9 Å². The summed E-state index contributed by atoms with van der Waals surface area (Å²) in [5.41, 5.74) is 0.0607. The van der Waals surface area contributed by atoms with Gasteiger partial charge in [-0.1, -0.05) is 79.4 Å². The fraction of sp³-hybridized carbons (Fsp3) is 0.556. The quantitative estimate of drug-likeness (QED) is 0.273. The van der Waals surface area contributed by atoms with Crippen molar-refractivity contribution in [2.24, 2.45) is 11.8 Å². The van der Waals surface area contributed by atoms with Crippen molar-refractivity contribution >= 4 is 23.0 Å². The molecule has 1 aliphatic rings. The minimum absolute atomic E-state index is 0.0280. The molecule has 1 N–H and O–H groups in total. The van der Waals surface area contributed by atoms with E-state index in [1.807, 2.05) is 53.7 Å². The summed E-state index contributed by atoms with van der Waals surface area (Å²) in [5.74, 6) is 0.163. The number of alkyl halides is 3. The molecule has 0 saturated heterocycles. The van der Waals surface area contributed by atoms with Gasteiger partial charge in [0.2, 0.25) is 0 Å². The molecule has 1 amide bonds. The minimum Gasteiger partial charge on any atom is -0.320 e. The number of nitrogens with one attached hydrogen (secondary N) is 1. The van der Waals surface area contributed by atoms with E-state index >= 15 is 0 Å². The third-order valence-electron chi connectivity index (χ3n) is 7.64. The van der Waals surface area contributed by atoms with Crippen molar-refractivity contribution in [3.8, 4) is 6.07 Å². The summed E-state index contributed by atoms with van der Waals surface area (Å²) in [4.78, 5) is 28.0. The van der Waals surface area contributed by atoms with Gasteiger partial charge in [-0.2, -0.15) is 18.4 Å². The average Bonchev–Trinajstić information content (AvgIpc) is 3.56. The van der Waals surface area contributed by atoms with E-state index in [9.17, 15) is 22.8 Å². The van der Waals surface area contributed by atoms with Gasteiger partial charge >= 0.3 is 6.18 Å². The second-order valence-corrected chi connectivity index (χ2v) is 10.8. The van der Waals surface area contributed by atoms with E-state index in [0.29, 0.717) is 23.7 Å². The molecule has 0 unspecified atom stereocenters. The lowest BCUT2D eigenvalue weighted by Gasteiger charge is -2.26. The number of nitriles is 1. The minimum atomic E-state index is -4.70. The van der Waals surface area contributed by atoms with Crippen molar-refractivity contribution in [1.82, 2.24) is 4.98 Å². The average molecular weight is 614 g/mol. The molecule has 1 saturated carbocycles. The van der Waals surface area contributed by atoms with E-state index < -0.39 is 17.6 Å². The molecular weight excluding hydrogens is 563 g/mol. The normalized spacial score (nSPS) is 13.4. The summed E-state index contributed by atoms with van der Waals surface area (Å²) in [6, 6.07) is 7.75. The van der Waals surface area contributed by atoms with Gasteiger partial charge in [-0.3, -0.25) is 14.6 Å². The molecule has 1 aromatic carbocycles. The topological polar surface area (TPSA) is 82.8 Å². The fourth-order valence-electron chi connectivity index (χ4n) is 5.65. The number of rotatable bonds is 11. The van der Waals surface area contributed by atoms with Gasteiger partial charge in [0, 0.05) is 29.2 Å². The Kier molecular flexibility index (Phi) is 17.3. The molecular formula is C36H50F3N3O2. The van der Waals surface area contributed by atoms with Gasteiger partial charge in [0.25, 0.3) is 5.91 Å². The lowest BCUT2D eigenvalue weighted by atomic mass is 9.82. The first kappa shape index (κ1) is 38.6. The van der Waals surface area contributed by atoms with Gasteiger partial charge in [-0.25, -0.2) is 0 Å². The fourth-order valence-corrected chi connectivity index (χ4v) is 5.65. The third-order valence-corrected chi connectivity index (χ3v) is 7.64. The number of nitrogens with zero attached hydrogens (tertiary/aromatic N) is 2. The van der Waals surface area contributed by atoms with E-state index in [4.69, 9.17) is 5.26 Å². The first-order chi connectivity index (χ1) is 21.0. The third kappa shape index (κ3) is 11.2. The molecule has 3 rings (SSSR count). The SMILES string of the molecule is CC.CC/C=C(\c1c(C)ncc(NC(=O)c2cccc(C#N)c2)c1C(F)(F)F)C(CCC)CCC.CCC(=O)C1CCCC1. The Labute approximate surface area is 262 Å². The summed E-state index contributed by atoms with van der Waals surface area (Å²) < 4.78 is 43.3. The van der Waals surface area contributed by atoms with Gasteiger partial charge in [-0.05, 0) is 68.7 Å². The standard InChI is InChI=1S/C26H30F3N3O.C8H14O.C2H6/c1-5-9-19(10-6-2)21(11-7-3)23-17(4)31-16-22(24(23)26(27,28)29)32-25(33)20-13-8-12-18(14-20)15-30;1-2-8(9)7-5-3-4-6-7;1-2/h8,11-14,16,19H,5-7,9-10H2,1-4H3,(H,32,33);7H,2-6H2,1H3;1-2H3/b21-11-;;. The molecule has 1 fully saturated rings. The molecule has 5 nitrogen and oxygen atoms in total. The van der Waals surface area contributed by atoms with Crippen LogP contribution in [0.5, 0.6) is 0 Å². The zero-order chi connectivity index (χ0) is 33.3. The van der Waals surface area contributed by atoms with Crippen molar-refractivity contribution in [2.75, 3.05) is 5.32 Å². The van der Waals surface area contributed by atoms with Crippen LogP contribution in [0.15, 0.2) is 36.5 Å². The van der Waals surface area contributed by atoms with E-state index in [-0.39, 0.29) is 34.0 Å². The molecule has 242 valence electrons. The summed E-state index contributed by atoms with van der Waals surface area (Å²) in [5, 5.41) is 11.4. The van der Waals surface area contributed by atoms with E-state index in [1.54, 1.807) is 6.92 Å². The second-order valence-electron chi connectivity index (χ2n) is 10.8. The van der Waals surface area contributed by atoms with Gasteiger partial charge in [0.05, 0.1) is 29.1 Å². The van der Waals surface area contributed by atoms with Crippen molar-refractivity contribution in [3.05, 3.63) is 64.5 Å². The van der Waals surface area contributed by atoms with Crippen LogP contribution in [0, 0.1) is 30.1 Å². The molecule has 1 aliphatic carbocycles. The summed E-state index contributed by atoms with van der Waals surface area (Å²) in [6.07, 6.45) is 7.67. The van der Waals surface area contributed by atoms with Crippen LogP contribution in [-0.2, 0) is 11.0 Å². The number of halogens is 3. The van der Waals surface area contributed by atoms with Crippen LogP contribution >= 0.6 is 0 Å². The number of aryl methyl sites for hydroxylation is 1. The van der Waals surface area contributed by atoms with Gasteiger partial charge in [0.15, 0.2) is 0 Å². The van der Waals surface area contributed by atoms with Crippen molar-refractivity contribution in [2.45, 2.75) is 119 Å². The number of Topliss-reactive ketones (excluding diaryl/α,β-unsaturated/α-hetero) is 1. The number of allylic oxidation sites excluding steroid dienone is 2. The number of amides is 1. The molecule has 2 aromatic rings. The van der Waals surface area contributed by atoms with Gasteiger partial charge < -0.3 is 5.32 Å². The number of anilines is 1. The molecule has 0 atom stereocenters. The van der Waals surface area contributed by atoms with Crippen LogP contribution < -0.4 is 5.32 Å². The highest BCUT2D eigenvalue weighted by atomic mass is 19.4. The highest BCUT2D eigenvalue weighted by Gasteiger charge is 2.39. The van der Waals surface area contributed by atoms with Crippen LogP contribution in [0.3, 0.4) is 0 Å². The summed E-state index contributed by atoms with van der Waals surface area (Å²) in [6.45, 7) is 13.5. The van der Waals surface area contributed by atoms with Crippen LogP contribution in [0.2, 0.25) is 0 Å². The first-order valence-corrected chi connectivity index (χ1v) is 16.1. The van der Waals surface area contributed by atoms with E-state index in [1.165, 1.54) is 37.1 Å². The van der Waals surface area contributed by atoms with E-state index in [2.05, 4.69) is 10.3 Å². The summed E-state index contributed by atoms with van der Waals surface area (Å²) >= 11 is 0. The lowest BCUT2D eigenvalue weighted by Crippen LogP contribution is -2.21. The molecule has 1 heterocycles. The Balaban J connectivity index is 0.000000742.